The van der Waals surface area contributed by atoms with E-state index in [9.17, 15) is 9.90 Å². The molecule has 102 valence electrons. The fraction of sp³-hybridized carbons (Fsp3) is 0.188. The minimum atomic E-state index is -0.179. The molecule has 0 radical (unpaired) electrons. The highest BCUT2D eigenvalue weighted by Gasteiger charge is 2.30. The number of hydrogen-bond acceptors (Lipinski definition) is 3. The molecule has 2 atom stereocenters. The van der Waals surface area contributed by atoms with Crippen molar-refractivity contribution in [2.75, 3.05) is 0 Å². The molecule has 1 amide bonds. The molecule has 0 aromatic heterocycles. The Morgan fingerprint density at radius 1 is 1.15 bits per heavy atom. The van der Waals surface area contributed by atoms with E-state index in [1.165, 1.54) is 17.7 Å². The maximum Gasteiger partial charge on any atom is 0.251 e. The van der Waals surface area contributed by atoms with Gasteiger partial charge in [0.15, 0.2) is 0 Å². The quantitative estimate of drug-likeness (QED) is 0.776. The number of amides is 1. The number of benzene rings is 2. The second-order valence-corrected chi connectivity index (χ2v) is 5.06. The van der Waals surface area contributed by atoms with Gasteiger partial charge >= 0.3 is 0 Å². The molecule has 0 bridgehead atoms. The Labute approximate surface area is 117 Å². The van der Waals surface area contributed by atoms with E-state index in [1.807, 2.05) is 24.3 Å². The second-order valence-electron chi connectivity index (χ2n) is 5.06. The normalized spacial score (nSPS) is 20.4. The maximum atomic E-state index is 12.2. The van der Waals surface area contributed by atoms with Crippen molar-refractivity contribution in [1.82, 2.24) is 5.32 Å². The lowest BCUT2D eigenvalue weighted by Crippen LogP contribution is -2.38. The first-order valence-corrected chi connectivity index (χ1v) is 6.58. The monoisotopic (exact) mass is 268 g/mol. The Morgan fingerprint density at radius 2 is 1.85 bits per heavy atom. The van der Waals surface area contributed by atoms with Crippen LogP contribution in [0.3, 0.4) is 0 Å². The molecule has 2 aromatic rings. The van der Waals surface area contributed by atoms with E-state index in [1.54, 1.807) is 12.1 Å². The molecule has 4 heteroatoms. The van der Waals surface area contributed by atoms with Gasteiger partial charge in [-0.15, -0.1) is 0 Å². The van der Waals surface area contributed by atoms with Crippen LogP contribution in [0.5, 0.6) is 5.75 Å². The van der Waals surface area contributed by atoms with Gasteiger partial charge in [0.1, 0.15) is 5.75 Å². The number of nitrogens with two attached hydrogens (primary N) is 1. The number of nitrogens with one attached hydrogen (secondary N) is 1. The van der Waals surface area contributed by atoms with Gasteiger partial charge in [0.2, 0.25) is 0 Å². The average molecular weight is 268 g/mol. The summed E-state index contributed by atoms with van der Waals surface area (Å²) in [6, 6.07) is 13.9. The van der Waals surface area contributed by atoms with Crippen LogP contribution >= 0.6 is 0 Å². The lowest BCUT2D eigenvalue weighted by molar-refractivity contribution is 0.0933. The van der Waals surface area contributed by atoms with E-state index < -0.39 is 0 Å². The fourth-order valence-electron chi connectivity index (χ4n) is 2.65. The molecule has 4 N–H and O–H groups in total. The lowest BCUT2D eigenvalue weighted by Gasteiger charge is -2.18. The molecule has 2 aromatic carbocycles. The van der Waals surface area contributed by atoms with Crippen LogP contribution in [0.15, 0.2) is 48.5 Å². The molecule has 0 heterocycles. The number of phenolic OH excluding ortho intramolecular Hbond substituents is 1. The Bertz CT molecular complexity index is 637. The predicted molar refractivity (Wildman–Crippen MR) is 76.4 cm³/mol. The molecular weight excluding hydrogens is 252 g/mol. The standard InChI is InChI=1S/C16H16N2O2/c17-14-9-11-3-1-2-4-13(11)15(14)18-16(20)10-5-7-12(19)8-6-10/h1-8,14-15,19H,9,17H2,(H,18,20). The molecule has 0 saturated carbocycles. The molecule has 0 saturated heterocycles. The van der Waals surface area contributed by atoms with Crippen molar-refractivity contribution in [2.24, 2.45) is 5.73 Å². The summed E-state index contributed by atoms with van der Waals surface area (Å²) in [6.07, 6.45) is 0.775. The highest BCUT2D eigenvalue weighted by molar-refractivity contribution is 5.94. The molecule has 2 unspecified atom stereocenters. The summed E-state index contributed by atoms with van der Waals surface area (Å²) < 4.78 is 0. The van der Waals surface area contributed by atoms with Crippen molar-refractivity contribution < 1.29 is 9.90 Å². The van der Waals surface area contributed by atoms with Gasteiger partial charge < -0.3 is 16.2 Å². The van der Waals surface area contributed by atoms with Gasteiger partial charge in [0.05, 0.1) is 6.04 Å². The molecule has 1 aliphatic rings. The van der Waals surface area contributed by atoms with Gasteiger partial charge in [-0.05, 0) is 41.8 Å². The lowest BCUT2D eigenvalue weighted by atomic mass is 10.1. The third-order valence-electron chi connectivity index (χ3n) is 3.69. The Balaban J connectivity index is 1.81. The van der Waals surface area contributed by atoms with Crippen LogP contribution in [0.4, 0.5) is 0 Å². The molecule has 1 aliphatic carbocycles. The molecule has 3 rings (SSSR count). The van der Waals surface area contributed by atoms with Gasteiger partial charge in [-0.1, -0.05) is 24.3 Å². The first-order valence-electron chi connectivity index (χ1n) is 6.58. The number of hydrogen-bond donors (Lipinski definition) is 3. The summed E-state index contributed by atoms with van der Waals surface area (Å²) in [6.45, 7) is 0. The van der Waals surface area contributed by atoms with E-state index in [2.05, 4.69) is 5.32 Å². The maximum absolute atomic E-state index is 12.2. The van der Waals surface area contributed by atoms with Crippen LogP contribution in [0.2, 0.25) is 0 Å². The molecule has 4 nitrogen and oxygen atoms in total. The van der Waals surface area contributed by atoms with Crippen molar-refractivity contribution in [3.8, 4) is 5.75 Å². The Hall–Kier alpha value is -2.33. The van der Waals surface area contributed by atoms with Crippen LogP contribution < -0.4 is 11.1 Å². The van der Waals surface area contributed by atoms with E-state index >= 15 is 0 Å². The molecule has 20 heavy (non-hydrogen) atoms. The highest BCUT2D eigenvalue weighted by Crippen LogP contribution is 2.30. The first kappa shape index (κ1) is 12.7. The zero-order valence-electron chi connectivity index (χ0n) is 10.9. The summed E-state index contributed by atoms with van der Waals surface area (Å²) in [7, 11) is 0. The van der Waals surface area contributed by atoms with Crippen LogP contribution in [-0.2, 0) is 6.42 Å². The number of aromatic hydroxyl groups is 1. The van der Waals surface area contributed by atoms with Gasteiger partial charge in [-0.3, -0.25) is 4.79 Å². The van der Waals surface area contributed by atoms with Crippen LogP contribution in [0, 0.1) is 0 Å². The summed E-state index contributed by atoms with van der Waals surface area (Å²) >= 11 is 0. The van der Waals surface area contributed by atoms with Crippen molar-refractivity contribution >= 4 is 5.91 Å². The topological polar surface area (TPSA) is 75.3 Å². The van der Waals surface area contributed by atoms with Gasteiger partial charge in [-0.2, -0.15) is 0 Å². The minimum absolute atomic E-state index is 0.103. The SMILES string of the molecule is NC1Cc2ccccc2C1NC(=O)c1ccc(O)cc1. The van der Waals surface area contributed by atoms with E-state index in [0.29, 0.717) is 5.56 Å². The zero-order valence-corrected chi connectivity index (χ0v) is 10.9. The average Bonchev–Trinajstić information content (AvgIpc) is 2.76. The van der Waals surface area contributed by atoms with E-state index in [0.717, 1.165) is 12.0 Å². The number of phenols is 1. The van der Waals surface area contributed by atoms with Crippen molar-refractivity contribution in [3.63, 3.8) is 0 Å². The van der Waals surface area contributed by atoms with Crippen molar-refractivity contribution in [2.45, 2.75) is 18.5 Å². The number of carbonyl (C=O) groups excluding carboxylic acids is 1. The molecular formula is C16H16N2O2. The number of rotatable bonds is 2. The number of fused-ring (bicyclic) bond motifs is 1. The number of carbonyl (C=O) groups is 1. The summed E-state index contributed by atoms with van der Waals surface area (Å²) in [5.74, 6) is -0.0355. The summed E-state index contributed by atoms with van der Waals surface area (Å²) in [5.41, 5.74) is 8.92. The Kier molecular flexibility index (Phi) is 3.16. The van der Waals surface area contributed by atoms with Crippen molar-refractivity contribution in [3.05, 3.63) is 65.2 Å². The largest absolute Gasteiger partial charge is 0.508 e. The van der Waals surface area contributed by atoms with Crippen molar-refractivity contribution in [1.29, 1.82) is 0 Å². The van der Waals surface area contributed by atoms with Gasteiger partial charge in [0, 0.05) is 11.6 Å². The van der Waals surface area contributed by atoms with Gasteiger partial charge in [-0.25, -0.2) is 0 Å². The third kappa shape index (κ3) is 2.26. The third-order valence-corrected chi connectivity index (χ3v) is 3.69. The smallest absolute Gasteiger partial charge is 0.251 e. The molecule has 0 aliphatic heterocycles. The van der Waals surface area contributed by atoms with Gasteiger partial charge in [0.25, 0.3) is 5.91 Å². The van der Waals surface area contributed by atoms with Crippen LogP contribution in [0.1, 0.15) is 27.5 Å². The van der Waals surface area contributed by atoms with Crippen LogP contribution in [-0.4, -0.2) is 17.1 Å². The first-order chi connectivity index (χ1) is 9.65. The van der Waals surface area contributed by atoms with Crippen LogP contribution in [0.25, 0.3) is 0 Å². The molecule has 0 spiro atoms. The summed E-state index contributed by atoms with van der Waals surface area (Å²) in [5, 5.41) is 12.2. The predicted octanol–water partition coefficient (Wildman–Crippen LogP) is 1.75. The van der Waals surface area contributed by atoms with E-state index in [4.69, 9.17) is 5.73 Å². The minimum Gasteiger partial charge on any atom is -0.508 e. The summed E-state index contributed by atoms with van der Waals surface area (Å²) in [4.78, 5) is 12.2. The highest BCUT2D eigenvalue weighted by atomic mass is 16.3. The second kappa shape index (κ2) is 4.98. The molecule has 0 fully saturated rings. The van der Waals surface area contributed by atoms with E-state index in [-0.39, 0.29) is 23.7 Å². The zero-order chi connectivity index (χ0) is 14.1. The Morgan fingerprint density at radius 3 is 2.60 bits per heavy atom. The fourth-order valence-corrected chi connectivity index (χ4v) is 2.65.